The highest BCUT2D eigenvalue weighted by molar-refractivity contribution is 5.85. The number of carbonyl (C=O) groups is 1. The van der Waals surface area contributed by atoms with E-state index < -0.39 is 44.7 Å². The lowest BCUT2D eigenvalue weighted by atomic mass is 10.1. The van der Waals surface area contributed by atoms with Gasteiger partial charge < -0.3 is 4.79 Å². The van der Waals surface area contributed by atoms with Gasteiger partial charge in [-0.05, 0) is 24.3 Å². The van der Waals surface area contributed by atoms with Crippen molar-refractivity contribution in [3.63, 3.8) is 0 Å². The number of aromatic nitrogens is 2. The quantitative estimate of drug-likeness (QED) is 0.179. The third kappa shape index (κ3) is 6.25. The van der Waals surface area contributed by atoms with Gasteiger partial charge in [0.15, 0.2) is 0 Å². The van der Waals surface area contributed by atoms with Crippen molar-refractivity contribution in [3.8, 4) is 0 Å². The Hall–Kier alpha value is -4.69. The van der Waals surface area contributed by atoms with Crippen LogP contribution in [0, 0.1) is 20.2 Å². The first kappa shape index (κ1) is 27.6. The molecule has 36 heavy (non-hydrogen) atoms. The van der Waals surface area contributed by atoms with Gasteiger partial charge in [0.05, 0.1) is 32.0 Å². The molecule has 0 spiro atoms. The highest BCUT2D eigenvalue weighted by Gasteiger charge is 2.34. The minimum Gasteiger partial charge on any atom is -0.307 e. The predicted molar refractivity (Wildman–Crippen MR) is 114 cm³/mol. The highest BCUT2D eigenvalue weighted by Crippen LogP contribution is 2.36. The van der Waals surface area contributed by atoms with E-state index in [1.807, 2.05) is 6.79 Å². The van der Waals surface area contributed by atoms with Crippen molar-refractivity contribution in [1.29, 1.82) is 0 Å². The summed E-state index contributed by atoms with van der Waals surface area (Å²) >= 11 is 0. The number of alkyl halides is 6. The first-order valence-electron chi connectivity index (χ1n) is 9.28. The molecule has 0 saturated carbocycles. The summed E-state index contributed by atoms with van der Waals surface area (Å²) in [4.78, 5) is 35.0. The van der Waals surface area contributed by atoms with Crippen molar-refractivity contribution in [2.75, 3.05) is 0 Å². The Morgan fingerprint density at radius 3 is 1.25 bits per heavy atom. The fourth-order valence-electron chi connectivity index (χ4n) is 2.99. The van der Waals surface area contributed by atoms with Crippen LogP contribution in [0.5, 0.6) is 0 Å². The zero-order valence-electron chi connectivity index (χ0n) is 17.6. The van der Waals surface area contributed by atoms with E-state index in [4.69, 9.17) is 4.79 Å². The molecule has 0 aliphatic carbocycles. The van der Waals surface area contributed by atoms with E-state index in [1.54, 1.807) is 0 Å². The highest BCUT2D eigenvalue weighted by atomic mass is 19.4. The summed E-state index contributed by atoms with van der Waals surface area (Å²) < 4.78 is 75.9. The fraction of sp³-hybridized carbons (Fsp3) is 0.0952. The van der Waals surface area contributed by atoms with Gasteiger partial charge in [0.25, 0.3) is 11.4 Å². The minimum atomic E-state index is -4.56. The third-order valence-corrected chi connectivity index (χ3v) is 4.48. The summed E-state index contributed by atoms with van der Waals surface area (Å²) in [6.45, 7) is 2.00. The molecule has 0 radical (unpaired) electrons. The molecule has 0 saturated heterocycles. The summed E-state index contributed by atoms with van der Waals surface area (Å²) in [5.74, 6) is 0. The number of non-ortho nitro benzene ring substituents is 2. The number of hydrogen-bond acceptors (Lipinski definition) is 7. The van der Waals surface area contributed by atoms with Crippen LogP contribution < -0.4 is 0 Å². The van der Waals surface area contributed by atoms with Gasteiger partial charge in [-0.15, -0.1) is 0 Å². The molecule has 0 bridgehead atoms. The molecule has 0 aliphatic heterocycles. The Bertz CT molecular complexity index is 1320. The Kier molecular flexibility index (Phi) is 8.20. The lowest BCUT2D eigenvalue weighted by Crippen LogP contribution is -2.06. The van der Waals surface area contributed by atoms with Gasteiger partial charge in [-0.3, -0.25) is 30.2 Å². The number of rotatable bonds is 2. The first-order valence-corrected chi connectivity index (χ1v) is 9.28. The van der Waals surface area contributed by atoms with Crippen molar-refractivity contribution in [3.05, 3.63) is 92.3 Å². The summed E-state index contributed by atoms with van der Waals surface area (Å²) in [6.07, 6.45) is -7.07. The van der Waals surface area contributed by atoms with E-state index in [1.165, 1.54) is 12.1 Å². The van der Waals surface area contributed by atoms with Crippen molar-refractivity contribution in [1.82, 2.24) is 9.97 Å². The second-order valence-corrected chi connectivity index (χ2v) is 6.63. The van der Waals surface area contributed by atoms with Gasteiger partial charge in [-0.1, -0.05) is 0 Å². The van der Waals surface area contributed by atoms with Crippen LogP contribution in [0.25, 0.3) is 21.8 Å². The van der Waals surface area contributed by atoms with Crippen LogP contribution in [0.3, 0.4) is 0 Å². The van der Waals surface area contributed by atoms with E-state index in [0.717, 1.165) is 48.8 Å². The number of hydrogen-bond donors (Lipinski definition) is 0. The zero-order valence-corrected chi connectivity index (χ0v) is 17.6. The largest absolute Gasteiger partial charge is 0.417 e. The van der Waals surface area contributed by atoms with Crippen molar-refractivity contribution in [2.24, 2.45) is 0 Å². The third-order valence-electron chi connectivity index (χ3n) is 4.48. The summed E-state index contributed by atoms with van der Waals surface area (Å²) in [5, 5.41) is 20.5. The van der Waals surface area contributed by atoms with Gasteiger partial charge in [-0.25, -0.2) is 0 Å². The average Bonchev–Trinajstić information content (AvgIpc) is 2.83. The molecule has 0 unspecified atom stereocenters. The monoisotopic (exact) mass is 514 g/mol. The van der Waals surface area contributed by atoms with Gasteiger partial charge in [0, 0.05) is 47.4 Å². The van der Waals surface area contributed by atoms with Crippen LogP contribution in [0.2, 0.25) is 0 Å². The zero-order chi connectivity index (χ0) is 27.3. The molecule has 9 nitrogen and oxygen atoms in total. The van der Waals surface area contributed by atoms with Crippen LogP contribution >= 0.6 is 0 Å². The van der Waals surface area contributed by atoms with Crippen molar-refractivity contribution in [2.45, 2.75) is 12.4 Å². The Labute approximate surface area is 196 Å². The Morgan fingerprint density at radius 1 is 0.639 bits per heavy atom. The normalized spacial score (nSPS) is 11.2. The number of nitrogens with zero attached hydrogens (tertiary/aromatic N) is 4. The number of benzene rings is 2. The predicted octanol–water partition coefficient (Wildman–Crippen LogP) is 6.14. The molecule has 188 valence electrons. The SMILES string of the molecule is C=O.O=[N+]([O-])c1ccc2nccc(C(F)(F)F)c2c1.O=[N+]([O-])c1ccc2nccc(C(F)(F)F)c2c1. The summed E-state index contributed by atoms with van der Waals surface area (Å²) in [7, 11) is 0. The van der Waals surface area contributed by atoms with Crippen molar-refractivity contribution < 1.29 is 41.0 Å². The first-order chi connectivity index (χ1) is 16.8. The number of fused-ring (bicyclic) bond motifs is 2. The minimum absolute atomic E-state index is 0.0745. The molecule has 2 aromatic heterocycles. The molecule has 4 rings (SSSR count). The van der Waals surface area contributed by atoms with Crippen LogP contribution in [0.1, 0.15) is 11.1 Å². The van der Waals surface area contributed by atoms with Gasteiger partial charge in [0.2, 0.25) is 0 Å². The van der Waals surface area contributed by atoms with E-state index in [0.29, 0.717) is 0 Å². The van der Waals surface area contributed by atoms with Gasteiger partial charge in [-0.2, -0.15) is 26.3 Å². The maximum atomic E-state index is 12.7. The molecule has 0 aliphatic rings. The smallest absolute Gasteiger partial charge is 0.307 e. The molecule has 0 fully saturated rings. The average molecular weight is 514 g/mol. The Balaban J connectivity index is 0.000000237. The maximum absolute atomic E-state index is 12.7. The molecule has 2 heterocycles. The summed E-state index contributed by atoms with van der Waals surface area (Å²) in [6, 6.07) is 7.99. The standard InChI is InChI=1S/2C10H5F3N2O2.CH2O/c2*11-10(12,13)8-3-4-14-9-2-1-6(15(16)17)5-7(8)9;1-2/h2*1-5H;1H2. The Morgan fingerprint density at radius 2 is 0.972 bits per heavy atom. The lowest BCUT2D eigenvalue weighted by Gasteiger charge is -2.09. The van der Waals surface area contributed by atoms with Crippen molar-refractivity contribution >= 4 is 40.0 Å². The van der Waals surface area contributed by atoms with Crippen LogP contribution in [-0.2, 0) is 17.1 Å². The second kappa shape index (κ2) is 10.7. The number of nitro benzene ring substituents is 2. The second-order valence-electron chi connectivity index (χ2n) is 6.63. The summed E-state index contributed by atoms with van der Waals surface area (Å²) in [5.41, 5.74) is -2.49. The topological polar surface area (TPSA) is 129 Å². The van der Waals surface area contributed by atoms with Crippen LogP contribution in [0.4, 0.5) is 37.7 Å². The lowest BCUT2D eigenvalue weighted by molar-refractivity contribution is -0.384. The molecular weight excluding hydrogens is 502 g/mol. The van der Waals surface area contributed by atoms with Gasteiger partial charge in [0.1, 0.15) is 6.79 Å². The van der Waals surface area contributed by atoms with Crippen LogP contribution in [-0.4, -0.2) is 26.6 Å². The molecule has 2 aromatic carbocycles. The van der Waals surface area contributed by atoms with E-state index in [9.17, 15) is 46.6 Å². The number of carbonyl (C=O) groups excluding carboxylic acids is 1. The van der Waals surface area contributed by atoms with Crippen LogP contribution in [0.15, 0.2) is 60.9 Å². The van der Waals surface area contributed by atoms with Gasteiger partial charge >= 0.3 is 12.4 Å². The number of pyridine rings is 2. The van der Waals surface area contributed by atoms with E-state index in [2.05, 4.69) is 9.97 Å². The molecule has 15 heteroatoms. The fourth-order valence-corrected chi connectivity index (χ4v) is 2.99. The molecular formula is C21H12F6N4O5. The molecule has 0 N–H and O–H groups in total. The molecule has 0 atom stereocenters. The van der Waals surface area contributed by atoms with E-state index in [-0.39, 0.29) is 21.8 Å². The number of nitro groups is 2. The maximum Gasteiger partial charge on any atom is 0.417 e. The number of halogens is 6. The van der Waals surface area contributed by atoms with E-state index >= 15 is 0 Å². The molecule has 0 amide bonds. The molecule has 4 aromatic rings.